The van der Waals surface area contributed by atoms with Gasteiger partial charge in [0.2, 0.25) is 0 Å². The summed E-state index contributed by atoms with van der Waals surface area (Å²) in [5, 5.41) is 3.33. The van der Waals surface area contributed by atoms with Gasteiger partial charge in [-0.3, -0.25) is 0 Å². The van der Waals surface area contributed by atoms with Crippen LogP contribution in [0.2, 0.25) is 0 Å². The normalized spacial score (nSPS) is 13.9. The average molecular weight is 277 g/mol. The first kappa shape index (κ1) is 15.4. The highest BCUT2D eigenvalue weighted by Crippen LogP contribution is 2.36. The van der Waals surface area contributed by atoms with Crippen molar-refractivity contribution in [3.05, 3.63) is 29.8 Å². The molecule has 1 unspecified atom stereocenters. The van der Waals surface area contributed by atoms with Crippen molar-refractivity contribution in [1.29, 1.82) is 0 Å². The lowest BCUT2D eigenvalue weighted by molar-refractivity contribution is -0.0328. The number of nitrogens with one attached hydrogen (secondary N) is 1. The van der Waals surface area contributed by atoms with E-state index in [1.165, 1.54) is 6.07 Å². The standard InChI is InChI=1S/C13H18F3NS/c1-9(2)17-10(3)7-11-5-4-6-12(8-11)18-13(14,15)16/h4-6,8-10,17H,7H2,1-3H3. The molecule has 5 heteroatoms. The third-order valence-corrected chi connectivity index (χ3v) is 3.01. The fraction of sp³-hybridized carbons (Fsp3) is 0.538. The topological polar surface area (TPSA) is 12.0 Å². The molecule has 0 aliphatic heterocycles. The van der Waals surface area contributed by atoms with Gasteiger partial charge in [-0.2, -0.15) is 13.2 Å². The summed E-state index contributed by atoms with van der Waals surface area (Å²) in [5.74, 6) is 0. The molecule has 1 atom stereocenters. The van der Waals surface area contributed by atoms with Crippen LogP contribution in [-0.2, 0) is 6.42 Å². The van der Waals surface area contributed by atoms with Gasteiger partial charge in [0.05, 0.1) is 0 Å². The van der Waals surface area contributed by atoms with Crippen molar-refractivity contribution >= 4 is 11.8 Å². The van der Waals surface area contributed by atoms with Crippen molar-refractivity contribution in [1.82, 2.24) is 5.32 Å². The van der Waals surface area contributed by atoms with Crippen LogP contribution in [0, 0.1) is 0 Å². The van der Waals surface area contributed by atoms with E-state index in [2.05, 4.69) is 5.32 Å². The number of thioether (sulfide) groups is 1. The van der Waals surface area contributed by atoms with Crippen LogP contribution < -0.4 is 5.32 Å². The maximum Gasteiger partial charge on any atom is 0.446 e. The molecular weight excluding hydrogens is 259 g/mol. The van der Waals surface area contributed by atoms with E-state index in [1.54, 1.807) is 12.1 Å². The van der Waals surface area contributed by atoms with Crippen LogP contribution in [0.25, 0.3) is 0 Å². The Balaban J connectivity index is 2.65. The monoisotopic (exact) mass is 277 g/mol. The van der Waals surface area contributed by atoms with Crippen LogP contribution >= 0.6 is 11.8 Å². The minimum atomic E-state index is -4.22. The van der Waals surface area contributed by atoms with E-state index in [4.69, 9.17) is 0 Å². The minimum absolute atomic E-state index is 0.0645. The minimum Gasteiger partial charge on any atom is -0.312 e. The first-order chi connectivity index (χ1) is 8.26. The molecule has 0 saturated carbocycles. The quantitative estimate of drug-likeness (QED) is 0.808. The van der Waals surface area contributed by atoms with Crippen molar-refractivity contribution < 1.29 is 13.2 Å². The molecule has 1 N–H and O–H groups in total. The molecule has 1 aromatic carbocycles. The largest absolute Gasteiger partial charge is 0.446 e. The van der Waals surface area contributed by atoms with Crippen LogP contribution in [-0.4, -0.2) is 17.6 Å². The maximum absolute atomic E-state index is 12.3. The van der Waals surface area contributed by atoms with Gasteiger partial charge in [0, 0.05) is 17.0 Å². The fourth-order valence-corrected chi connectivity index (χ4v) is 2.48. The molecule has 0 aliphatic rings. The molecular formula is C13H18F3NS. The van der Waals surface area contributed by atoms with Crippen LogP contribution in [0.3, 0.4) is 0 Å². The van der Waals surface area contributed by atoms with Gasteiger partial charge in [-0.05, 0) is 42.8 Å². The predicted molar refractivity (Wildman–Crippen MR) is 69.8 cm³/mol. The smallest absolute Gasteiger partial charge is 0.312 e. The molecule has 0 spiro atoms. The summed E-state index contributed by atoms with van der Waals surface area (Å²) in [5.41, 5.74) is -3.30. The Labute approximate surface area is 110 Å². The second-order valence-electron chi connectivity index (χ2n) is 4.62. The van der Waals surface area contributed by atoms with Crippen LogP contribution in [0.1, 0.15) is 26.3 Å². The van der Waals surface area contributed by atoms with Gasteiger partial charge in [-0.15, -0.1) is 0 Å². The van der Waals surface area contributed by atoms with Gasteiger partial charge < -0.3 is 5.32 Å². The Bertz CT molecular complexity index is 377. The second-order valence-corrected chi connectivity index (χ2v) is 5.76. The lowest BCUT2D eigenvalue weighted by Crippen LogP contribution is -2.33. The SMILES string of the molecule is CC(C)NC(C)Cc1cccc(SC(F)(F)F)c1. The molecule has 0 radical (unpaired) electrons. The van der Waals surface area contributed by atoms with Gasteiger partial charge in [0.1, 0.15) is 0 Å². The van der Waals surface area contributed by atoms with Gasteiger partial charge in [-0.25, -0.2) is 0 Å². The Morgan fingerprint density at radius 2 is 1.89 bits per heavy atom. The Hall–Kier alpha value is -0.680. The zero-order valence-electron chi connectivity index (χ0n) is 10.7. The van der Waals surface area contributed by atoms with E-state index in [0.29, 0.717) is 6.04 Å². The molecule has 0 aromatic heterocycles. The number of hydrogen-bond donors (Lipinski definition) is 1. The van der Waals surface area contributed by atoms with Gasteiger partial charge in [0.15, 0.2) is 0 Å². The maximum atomic E-state index is 12.3. The van der Waals surface area contributed by atoms with E-state index < -0.39 is 5.51 Å². The van der Waals surface area contributed by atoms with Crippen molar-refractivity contribution in [2.75, 3.05) is 0 Å². The van der Waals surface area contributed by atoms with E-state index in [1.807, 2.05) is 26.8 Å². The summed E-state index contributed by atoms with van der Waals surface area (Å²) in [6, 6.07) is 7.24. The predicted octanol–water partition coefficient (Wildman–Crippen LogP) is 4.23. The Morgan fingerprint density at radius 3 is 2.44 bits per heavy atom. The molecule has 18 heavy (non-hydrogen) atoms. The number of rotatable bonds is 5. The molecule has 0 fully saturated rings. The van der Waals surface area contributed by atoms with Gasteiger partial charge in [0.25, 0.3) is 0 Å². The molecule has 0 heterocycles. The number of hydrogen-bond acceptors (Lipinski definition) is 2. The molecule has 0 saturated heterocycles. The van der Waals surface area contributed by atoms with E-state index in [-0.39, 0.29) is 22.7 Å². The van der Waals surface area contributed by atoms with Gasteiger partial charge >= 0.3 is 5.51 Å². The Kier molecular flexibility index (Phi) is 5.53. The van der Waals surface area contributed by atoms with Crippen LogP contribution in [0.5, 0.6) is 0 Å². The highest BCUT2D eigenvalue weighted by Gasteiger charge is 2.29. The highest BCUT2D eigenvalue weighted by atomic mass is 32.2. The lowest BCUT2D eigenvalue weighted by atomic mass is 10.1. The highest BCUT2D eigenvalue weighted by molar-refractivity contribution is 8.00. The molecule has 0 aliphatic carbocycles. The third kappa shape index (κ3) is 6.31. The molecule has 0 bridgehead atoms. The molecule has 1 nitrogen and oxygen atoms in total. The molecule has 1 aromatic rings. The number of benzene rings is 1. The first-order valence-corrected chi connectivity index (χ1v) is 6.68. The summed E-state index contributed by atoms with van der Waals surface area (Å²) < 4.78 is 36.8. The van der Waals surface area contributed by atoms with Crippen molar-refractivity contribution in [2.24, 2.45) is 0 Å². The summed E-state index contributed by atoms with van der Waals surface area (Å²) >= 11 is -0.0645. The average Bonchev–Trinajstić information content (AvgIpc) is 2.13. The summed E-state index contributed by atoms with van der Waals surface area (Å²) in [4.78, 5) is 0.247. The first-order valence-electron chi connectivity index (χ1n) is 5.87. The third-order valence-electron chi connectivity index (χ3n) is 2.29. The molecule has 0 amide bonds. The van der Waals surface area contributed by atoms with Crippen molar-refractivity contribution in [3.63, 3.8) is 0 Å². The molecule has 1 rings (SSSR count). The summed E-state index contributed by atoms with van der Waals surface area (Å²) in [7, 11) is 0. The number of halogens is 3. The molecule has 102 valence electrons. The van der Waals surface area contributed by atoms with E-state index >= 15 is 0 Å². The number of alkyl halides is 3. The van der Waals surface area contributed by atoms with E-state index in [0.717, 1.165) is 12.0 Å². The van der Waals surface area contributed by atoms with Crippen molar-refractivity contribution in [3.8, 4) is 0 Å². The van der Waals surface area contributed by atoms with E-state index in [9.17, 15) is 13.2 Å². The second kappa shape index (κ2) is 6.48. The Morgan fingerprint density at radius 1 is 1.22 bits per heavy atom. The van der Waals surface area contributed by atoms with Crippen LogP contribution in [0.4, 0.5) is 13.2 Å². The zero-order valence-corrected chi connectivity index (χ0v) is 11.5. The van der Waals surface area contributed by atoms with Crippen LogP contribution in [0.15, 0.2) is 29.2 Å². The van der Waals surface area contributed by atoms with Crippen molar-refractivity contribution in [2.45, 2.75) is 49.7 Å². The fourth-order valence-electron chi connectivity index (χ4n) is 1.85. The zero-order chi connectivity index (χ0) is 13.8. The lowest BCUT2D eigenvalue weighted by Gasteiger charge is -2.17. The van der Waals surface area contributed by atoms with Gasteiger partial charge in [-0.1, -0.05) is 26.0 Å². The summed E-state index contributed by atoms with van der Waals surface area (Å²) in [6.07, 6.45) is 0.727. The summed E-state index contributed by atoms with van der Waals surface area (Å²) in [6.45, 7) is 6.13.